The third-order valence-electron chi connectivity index (χ3n) is 0.983. The lowest BCUT2D eigenvalue weighted by atomic mass is 10.7. The molecule has 0 amide bonds. The van der Waals surface area contributed by atoms with Gasteiger partial charge in [0.1, 0.15) is 0 Å². The van der Waals surface area contributed by atoms with Gasteiger partial charge in [-0.3, -0.25) is 10.1 Å². The third-order valence-corrected chi connectivity index (χ3v) is 1.99. The van der Waals surface area contributed by atoms with Gasteiger partial charge in [0.15, 0.2) is 0 Å². The van der Waals surface area contributed by atoms with Crippen molar-refractivity contribution in [3.8, 4) is 0 Å². The molecule has 1 aromatic heterocycles. The summed E-state index contributed by atoms with van der Waals surface area (Å²) in [5.74, 6) is -1.68. The van der Waals surface area contributed by atoms with Gasteiger partial charge in [0.05, 0.1) is 4.92 Å². The third kappa shape index (κ3) is 1.32. The topological polar surface area (TPSA) is 119 Å². The van der Waals surface area contributed by atoms with E-state index < -0.39 is 15.9 Å². The van der Waals surface area contributed by atoms with Gasteiger partial charge in [0.25, 0.3) is 0 Å². The predicted molar refractivity (Wildman–Crippen MR) is 40.1 cm³/mol. The van der Waals surface area contributed by atoms with E-state index in [1.54, 1.807) is 0 Å². The zero-order valence-electron chi connectivity index (χ0n) is 5.55. The highest BCUT2D eigenvalue weighted by Gasteiger charge is 2.21. The van der Waals surface area contributed by atoms with E-state index in [0.29, 0.717) is 11.3 Å². The molecule has 0 aliphatic heterocycles. The first-order valence-corrected chi connectivity index (χ1v) is 3.48. The molecule has 0 radical (unpaired) electrons. The van der Waals surface area contributed by atoms with E-state index in [2.05, 4.69) is 4.98 Å². The average molecular weight is 189 g/mol. The van der Waals surface area contributed by atoms with Gasteiger partial charge in [-0.25, -0.2) is 9.78 Å². The summed E-state index contributed by atoms with van der Waals surface area (Å²) in [6.07, 6.45) is 0. The van der Waals surface area contributed by atoms with Crippen LogP contribution in [0.5, 0.6) is 0 Å². The Labute approximate surface area is 69.6 Å². The van der Waals surface area contributed by atoms with Crippen LogP contribution >= 0.6 is 11.3 Å². The first-order valence-electron chi connectivity index (χ1n) is 2.66. The molecule has 0 bridgehead atoms. The van der Waals surface area contributed by atoms with Crippen molar-refractivity contribution in [3.05, 3.63) is 15.1 Å². The maximum atomic E-state index is 10.3. The summed E-state index contributed by atoms with van der Waals surface area (Å²) in [6.45, 7) is 0. The largest absolute Gasteiger partial charge is 0.476 e. The van der Waals surface area contributed by atoms with Crippen molar-refractivity contribution in [1.29, 1.82) is 0 Å². The van der Waals surface area contributed by atoms with Gasteiger partial charge in [0, 0.05) is 0 Å². The summed E-state index contributed by atoms with van der Waals surface area (Å²) < 4.78 is 0. The van der Waals surface area contributed by atoms with E-state index in [1.165, 1.54) is 0 Å². The average Bonchev–Trinajstić information content (AvgIpc) is 2.30. The Morgan fingerprint density at radius 3 is 2.58 bits per heavy atom. The minimum Gasteiger partial charge on any atom is -0.476 e. The molecule has 0 spiro atoms. The number of carboxylic acids is 1. The van der Waals surface area contributed by atoms with Crippen molar-refractivity contribution in [3.63, 3.8) is 0 Å². The van der Waals surface area contributed by atoms with E-state index >= 15 is 0 Å². The number of carbonyl (C=O) groups is 1. The van der Waals surface area contributed by atoms with E-state index in [4.69, 9.17) is 10.8 Å². The molecule has 1 heterocycles. The van der Waals surface area contributed by atoms with Crippen LogP contribution in [0.3, 0.4) is 0 Å². The number of anilines is 1. The zero-order chi connectivity index (χ0) is 9.30. The number of hydrogen-bond donors (Lipinski definition) is 2. The lowest BCUT2D eigenvalue weighted by molar-refractivity contribution is -0.379. The van der Waals surface area contributed by atoms with Crippen molar-refractivity contribution in [2.45, 2.75) is 0 Å². The van der Waals surface area contributed by atoms with Gasteiger partial charge in [-0.15, -0.1) is 0 Å². The number of aromatic nitrogens is 1. The Hall–Kier alpha value is -1.70. The Bertz CT molecular complexity index is 346. The lowest BCUT2D eigenvalue weighted by Crippen LogP contribution is -1.95. The van der Waals surface area contributed by atoms with Crippen LogP contribution in [-0.4, -0.2) is 21.0 Å². The molecule has 7 nitrogen and oxygen atoms in total. The molecule has 1 rings (SSSR count). The molecule has 12 heavy (non-hydrogen) atoms. The monoisotopic (exact) mass is 189 g/mol. The molecule has 0 unspecified atom stereocenters. The highest BCUT2D eigenvalue weighted by atomic mass is 32.1. The normalized spacial score (nSPS) is 9.67. The van der Waals surface area contributed by atoms with Crippen LogP contribution in [0.4, 0.5) is 10.8 Å². The highest BCUT2D eigenvalue weighted by molar-refractivity contribution is 7.17. The maximum absolute atomic E-state index is 10.3. The second-order valence-electron chi connectivity index (χ2n) is 1.77. The molecule has 0 saturated carbocycles. The van der Waals surface area contributed by atoms with Crippen molar-refractivity contribution in [2.24, 2.45) is 0 Å². The second kappa shape index (κ2) is 2.74. The lowest BCUT2D eigenvalue weighted by Gasteiger charge is -1.81. The molecule has 0 fully saturated rings. The summed E-state index contributed by atoms with van der Waals surface area (Å²) in [5.41, 5.74) is 5.07. The van der Waals surface area contributed by atoms with Crippen LogP contribution in [0.15, 0.2) is 0 Å². The van der Waals surface area contributed by atoms with Crippen LogP contribution in [-0.2, 0) is 0 Å². The summed E-state index contributed by atoms with van der Waals surface area (Å²) in [6, 6.07) is 0. The van der Waals surface area contributed by atoms with Crippen LogP contribution in [0.25, 0.3) is 0 Å². The second-order valence-corrected chi connectivity index (χ2v) is 2.75. The van der Waals surface area contributed by atoms with Gasteiger partial charge in [-0.1, -0.05) is 0 Å². The van der Waals surface area contributed by atoms with Gasteiger partial charge in [-0.2, -0.15) is 0 Å². The first kappa shape index (κ1) is 8.40. The van der Waals surface area contributed by atoms with E-state index in [9.17, 15) is 14.9 Å². The molecule has 0 aliphatic rings. The van der Waals surface area contributed by atoms with Gasteiger partial charge in [0.2, 0.25) is 10.8 Å². The minimum absolute atomic E-state index is 0.359. The van der Waals surface area contributed by atoms with Crippen molar-refractivity contribution < 1.29 is 14.8 Å². The minimum atomic E-state index is -1.32. The summed E-state index contributed by atoms with van der Waals surface area (Å²) in [7, 11) is 0. The van der Waals surface area contributed by atoms with Crippen LogP contribution < -0.4 is 5.73 Å². The number of nitro groups is 1. The fraction of sp³-hybridized carbons (Fsp3) is 0. The summed E-state index contributed by atoms with van der Waals surface area (Å²) in [4.78, 5) is 22.9. The summed E-state index contributed by atoms with van der Waals surface area (Å²) in [5, 5.41) is 17.7. The number of carboxylic acid groups (broad SMARTS) is 1. The Balaban J connectivity index is 3.17. The van der Waals surface area contributed by atoms with Crippen molar-refractivity contribution >= 4 is 28.1 Å². The standard InChI is InChI=1S/C4H3N3O4S/c5-1-3(7(10)11)12-2(6-1)4(8)9/h5H2,(H,8,9). The zero-order valence-corrected chi connectivity index (χ0v) is 6.37. The predicted octanol–water partition coefficient (Wildman–Crippen LogP) is 0.332. The Morgan fingerprint density at radius 2 is 2.33 bits per heavy atom. The molecular weight excluding hydrogens is 186 g/mol. The Kier molecular flexibility index (Phi) is 1.92. The molecular formula is C4H3N3O4S. The summed E-state index contributed by atoms with van der Waals surface area (Å²) >= 11 is 0.441. The molecule has 64 valence electrons. The smallest absolute Gasteiger partial charge is 0.368 e. The molecule has 8 heteroatoms. The number of hydrogen-bond acceptors (Lipinski definition) is 6. The number of aromatic carboxylic acids is 1. The van der Waals surface area contributed by atoms with Crippen LogP contribution in [0.1, 0.15) is 9.80 Å². The van der Waals surface area contributed by atoms with Gasteiger partial charge < -0.3 is 10.8 Å². The van der Waals surface area contributed by atoms with Gasteiger partial charge in [-0.05, 0) is 11.3 Å². The maximum Gasteiger partial charge on any atom is 0.368 e. The van der Waals surface area contributed by atoms with Crippen LogP contribution in [0.2, 0.25) is 0 Å². The molecule has 1 aromatic rings. The van der Waals surface area contributed by atoms with Crippen molar-refractivity contribution in [1.82, 2.24) is 4.98 Å². The van der Waals surface area contributed by atoms with E-state index in [0.717, 1.165) is 0 Å². The molecule has 0 aromatic carbocycles. The number of nitrogens with zero attached hydrogens (tertiary/aromatic N) is 2. The fourth-order valence-electron chi connectivity index (χ4n) is 0.546. The number of nitrogen functional groups attached to an aromatic ring is 1. The molecule has 0 atom stereocenters. The van der Waals surface area contributed by atoms with Crippen LogP contribution in [0, 0.1) is 10.1 Å². The van der Waals surface area contributed by atoms with Crippen molar-refractivity contribution in [2.75, 3.05) is 5.73 Å². The quantitative estimate of drug-likeness (QED) is 0.511. The SMILES string of the molecule is Nc1nc(C(=O)O)sc1[N+](=O)[O-]. The number of rotatable bonds is 2. The van der Waals surface area contributed by atoms with E-state index in [-0.39, 0.29) is 10.8 Å². The molecule has 3 N–H and O–H groups in total. The highest BCUT2D eigenvalue weighted by Crippen LogP contribution is 2.28. The Morgan fingerprint density at radius 1 is 1.75 bits per heavy atom. The van der Waals surface area contributed by atoms with Gasteiger partial charge >= 0.3 is 11.0 Å². The molecule has 0 saturated heterocycles. The first-order chi connectivity index (χ1) is 5.52. The van der Waals surface area contributed by atoms with E-state index in [1.807, 2.05) is 0 Å². The number of nitrogens with two attached hydrogens (primary N) is 1. The number of thiazole rings is 1. The molecule has 0 aliphatic carbocycles. The fourth-order valence-corrected chi connectivity index (χ4v) is 1.19.